The van der Waals surface area contributed by atoms with E-state index in [9.17, 15) is 9.59 Å². The number of rotatable bonds is 3. The van der Waals surface area contributed by atoms with Gasteiger partial charge in [-0.15, -0.1) is 0 Å². The van der Waals surface area contributed by atoms with Gasteiger partial charge in [0, 0.05) is 0 Å². The lowest BCUT2D eigenvalue weighted by molar-refractivity contribution is -0.134. The number of carbonyl (C=O) groups is 2. The van der Waals surface area contributed by atoms with Gasteiger partial charge in [-0.2, -0.15) is 0 Å². The van der Waals surface area contributed by atoms with Crippen molar-refractivity contribution in [3.63, 3.8) is 0 Å². The maximum atomic E-state index is 10.0. The molecule has 0 spiro atoms. The van der Waals surface area contributed by atoms with E-state index in [0.29, 0.717) is 0 Å². The van der Waals surface area contributed by atoms with Crippen LogP contribution in [0.5, 0.6) is 0 Å². The van der Waals surface area contributed by atoms with Crippen LogP contribution in [-0.4, -0.2) is 35.0 Å². The van der Waals surface area contributed by atoms with E-state index in [1.165, 1.54) is 0 Å². The first-order valence-corrected chi connectivity index (χ1v) is 1.99. The molecule has 0 saturated carbocycles. The Balaban J connectivity index is 3.62. The lowest BCUT2D eigenvalue weighted by Crippen LogP contribution is -2.24. The lowest BCUT2D eigenvalue weighted by Gasteiger charge is -1.93. The molecule has 0 aliphatic heterocycles. The van der Waals surface area contributed by atoms with Crippen molar-refractivity contribution < 1.29 is 19.8 Å². The van der Waals surface area contributed by atoms with Crippen molar-refractivity contribution in [2.24, 2.45) is 0 Å². The van der Waals surface area contributed by atoms with Crippen molar-refractivity contribution in [2.45, 2.75) is 6.10 Å². The number of ketones is 1. The predicted octanol–water partition coefficient (Wildman–Crippen LogP) is -1.89. The molecule has 0 radical (unpaired) electrons. The maximum Gasteiger partial charge on any atom is 0.193 e. The number of carbonyl (C=O) groups excluding carboxylic acids is 2. The van der Waals surface area contributed by atoms with E-state index in [2.05, 4.69) is 0 Å². The summed E-state index contributed by atoms with van der Waals surface area (Å²) in [5.74, 6) is -0.875. The van der Waals surface area contributed by atoms with E-state index in [4.69, 9.17) is 10.2 Å². The molecule has 0 saturated heterocycles. The normalized spacial score (nSPS) is 12.8. The smallest absolute Gasteiger partial charge is 0.193 e. The molecule has 1 atom stereocenters. The van der Waals surface area contributed by atoms with Gasteiger partial charge in [-0.25, -0.2) is 0 Å². The third kappa shape index (κ3) is 1.81. The van der Waals surface area contributed by atoms with E-state index in [1.807, 2.05) is 0 Å². The fraction of sp³-hybridized carbons (Fsp3) is 0.500. The first kappa shape index (κ1) is 7.26. The Morgan fingerprint density at radius 3 is 2.38 bits per heavy atom. The zero-order chi connectivity index (χ0) is 6.57. The highest BCUT2D eigenvalue weighted by atomic mass is 16.3. The van der Waals surface area contributed by atoms with Crippen molar-refractivity contribution in [3.05, 3.63) is 0 Å². The topological polar surface area (TPSA) is 74.6 Å². The molecule has 0 aliphatic rings. The second-order valence-corrected chi connectivity index (χ2v) is 1.21. The average molecular weight is 118 g/mol. The molecule has 0 aliphatic carbocycles. The van der Waals surface area contributed by atoms with Gasteiger partial charge in [0.2, 0.25) is 0 Å². The van der Waals surface area contributed by atoms with Gasteiger partial charge in [0.15, 0.2) is 18.2 Å². The minimum absolute atomic E-state index is 0.0680. The first-order chi connectivity index (χ1) is 3.72. The van der Waals surface area contributed by atoms with Gasteiger partial charge in [0.25, 0.3) is 0 Å². The summed E-state index contributed by atoms with van der Waals surface area (Å²) >= 11 is 0. The summed E-state index contributed by atoms with van der Waals surface area (Å²) in [4.78, 5) is 19.5. The molecule has 0 heterocycles. The average Bonchev–Trinajstić information content (AvgIpc) is 1.84. The van der Waals surface area contributed by atoms with Crippen LogP contribution in [0.2, 0.25) is 0 Å². The first-order valence-electron chi connectivity index (χ1n) is 1.99. The molecule has 0 aromatic carbocycles. The van der Waals surface area contributed by atoms with E-state index in [-0.39, 0.29) is 6.29 Å². The molecule has 4 nitrogen and oxygen atoms in total. The monoisotopic (exact) mass is 118 g/mol. The molecule has 0 amide bonds. The Labute approximate surface area is 45.7 Å². The summed E-state index contributed by atoms with van der Waals surface area (Å²) in [6.45, 7) is -0.792. The van der Waals surface area contributed by atoms with Gasteiger partial charge in [-0.3, -0.25) is 9.59 Å². The molecular weight excluding hydrogens is 112 g/mol. The molecule has 46 valence electrons. The molecule has 4 heteroatoms. The zero-order valence-corrected chi connectivity index (χ0v) is 4.07. The van der Waals surface area contributed by atoms with Crippen molar-refractivity contribution >= 4 is 12.1 Å². The summed E-state index contributed by atoms with van der Waals surface area (Å²) in [6.07, 6.45) is -1.58. The van der Waals surface area contributed by atoms with Crippen LogP contribution in [0.1, 0.15) is 0 Å². The quantitative estimate of drug-likeness (QED) is 0.335. The van der Waals surface area contributed by atoms with Crippen LogP contribution in [0.4, 0.5) is 0 Å². The molecule has 2 N–H and O–H groups in total. The SMILES string of the molecule is O=C[C@@H](O)C(=O)CO. The van der Waals surface area contributed by atoms with Gasteiger partial charge in [-0.05, 0) is 0 Å². The second-order valence-electron chi connectivity index (χ2n) is 1.21. The standard InChI is InChI=1S/C4H6O4/c5-1-3(7)4(8)2-6/h1,3,6-7H,2H2/t3-/m1/s1. The highest BCUT2D eigenvalue weighted by Gasteiger charge is 2.10. The van der Waals surface area contributed by atoms with E-state index in [1.54, 1.807) is 0 Å². The Kier molecular flexibility index (Phi) is 2.98. The van der Waals surface area contributed by atoms with Crippen LogP contribution in [0.15, 0.2) is 0 Å². The molecule has 0 rings (SSSR count). The van der Waals surface area contributed by atoms with Gasteiger partial charge in [0.05, 0.1) is 0 Å². The summed E-state index contributed by atoms with van der Waals surface area (Å²) in [5.41, 5.74) is 0. The predicted molar refractivity (Wildman–Crippen MR) is 24.2 cm³/mol. The number of aliphatic hydroxyl groups excluding tert-OH is 2. The van der Waals surface area contributed by atoms with Gasteiger partial charge < -0.3 is 10.2 Å². The highest BCUT2D eigenvalue weighted by Crippen LogP contribution is 1.76. The van der Waals surface area contributed by atoms with Crippen LogP contribution < -0.4 is 0 Å². The maximum absolute atomic E-state index is 10.0. The molecule has 8 heavy (non-hydrogen) atoms. The van der Waals surface area contributed by atoms with Crippen LogP contribution >= 0.6 is 0 Å². The largest absolute Gasteiger partial charge is 0.388 e. The van der Waals surface area contributed by atoms with E-state index in [0.717, 1.165) is 0 Å². The zero-order valence-electron chi connectivity index (χ0n) is 4.07. The Hall–Kier alpha value is -0.740. The molecule has 0 aromatic rings. The van der Waals surface area contributed by atoms with Crippen molar-refractivity contribution in [1.82, 2.24) is 0 Å². The number of Topliss-reactive ketones (excluding diaryl/α,β-unsaturated/α-hetero) is 1. The third-order valence-electron chi connectivity index (χ3n) is 0.615. The molecule has 0 unspecified atom stereocenters. The fourth-order valence-electron chi connectivity index (χ4n) is 0.169. The number of aliphatic hydroxyl groups is 2. The number of hydrogen-bond acceptors (Lipinski definition) is 4. The third-order valence-corrected chi connectivity index (χ3v) is 0.615. The van der Waals surface area contributed by atoms with Crippen molar-refractivity contribution in [3.8, 4) is 0 Å². The summed E-state index contributed by atoms with van der Waals surface area (Å²) in [5, 5.41) is 16.2. The minimum atomic E-state index is -1.65. The Morgan fingerprint density at radius 1 is 1.75 bits per heavy atom. The summed E-state index contributed by atoms with van der Waals surface area (Å²) in [6, 6.07) is 0. The highest BCUT2D eigenvalue weighted by molar-refractivity contribution is 5.96. The van der Waals surface area contributed by atoms with Crippen molar-refractivity contribution in [1.29, 1.82) is 0 Å². The van der Waals surface area contributed by atoms with Crippen LogP contribution in [-0.2, 0) is 9.59 Å². The van der Waals surface area contributed by atoms with Crippen LogP contribution in [0.25, 0.3) is 0 Å². The molecule has 0 fully saturated rings. The second kappa shape index (κ2) is 3.29. The molecular formula is C4H6O4. The molecule has 0 aromatic heterocycles. The van der Waals surface area contributed by atoms with Crippen molar-refractivity contribution in [2.75, 3.05) is 6.61 Å². The van der Waals surface area contributed by atoms with E-state index >= 15 is 0 Å². The number of hydrogen-bond donors (Lipinski definition) is 2. The Bertz CT molecular complexity index is 98.2. The van der Waals surface area contributed by atoms with Gasteiger partial charge >= 0.3 is 0 Å². The van der Waals surface area contributed by atoms with Gasteiger partial charge in [-0.1, -0.05) is 0 Å². The van der Waals surface area contributed by atoms with E-state index < -0.39 is 18.5 Å². The molecule has 0 bridgehead atoms. The van der Waals surface area contributed by atoms with Crippen LogP contribution in [0, 0.1) is 0 Å². The minimum Gasteiger partial charge on any atom is -0.388 e. The number of aldehydes is 1. The van der Waals surface area contributed by atoms with Gasteiger partial charge in [0.1, 0.15) is 6.61 Å². The summed E-state index contributed by atoms with van der Waals surface area (Å²) in [7, 11) is 0. The lowest BCUT2D eigenvalue weighted by atomic mass is 10.3. The van der Waals surface area contributed by atoms with Crippen LogP contribution in [0.3, 0.4) is 0 Å². The summed E-state index contributed by atoms with van der Waals surface area (Å²) < 4.78 is 0. The Morgan fingerprint density at radius 2 is 2.25 bits per heavy atom. The fourth-order valence-corrected chi connectivity index (χ4v) is 0.169.